The molecule has 1 atom stereocenters. The van der Waals surface area contributed by atoms with Crippen LogP contribution in [0.1, 0.15) is 19.1 Å². The quantitative estimate of drug-likeness (QED) is 0.676. The van der Waals surface area contributed by atoms with E-state index in [1.807, 2.05) is 30.7 Å². The van der Waals surface area contributed by atoms with Crippen LogP contribution < -0.4 is 5.32 Å². The zero-order chi connectivity index (χ0) is 17.8. The number of aryl methyl sites for hydroxylation is 1. The highest BCUT2D eigenvalue weighted by atomic mass is 32.2. The average Bonchev–Trinajstić information content (AvgIpc) is 3.19. The smallest absolute Gasteiger partial charge is 0.239 e. The molecular formula is C16H18N6O2S. The summed E-state index contributed by atoms with van der Waals surface area (Å²) in [5, 5.41) is 15.3. The summed E-state index contributed by atoms with van der Waals surface area (Å²) in [7, 11) is 1.87. The number of aromatic nitrogens is 5. The Kier molecular flexibility index (Phi) is 5.13. The van der Waals surface area contributed by atoms with E-state index in [9.17, 15) is 4.79 Å². The van der Waals surface area contributed by atoms with E-state index in [0.29, 0.717) is 29.0 Å². The summed E-state index contributed by atoms with van der Waals surface area (Å²) in [6.07, 6.45) is 4.08. The Bertz CT molecular complexity index is 861. The molecule has 3 rings (SSSR count). The molecule has 3 aromatic heterocycles. The Morgan fingerprint density at radius 2 is 2.28 bits per heavy atom. The van der Waals surface area contributed by atoms with Crippen LogP contribution in [0.4, 0.5) is 5.82 Å². The van der Waals surface area contributed by atoms with Crippen molar-refractivity contribution in [3.8, 4) is 11.4 Å². The van der Waals surface area contributed by atoms with Crippen LogP contribution in [0, 0.1) is 6.92 Å². The Morgan fingerprint density at radius 3 is 2.92 bits per heavy atom. The number of amides is 1. The summed E-state index contributed by atoms with van der Waals surface area (Å²) in [6.45, 7) is 3.72. The van der Waals surface area contributed by atoms with E-state index in [1.54, 1.807) is 25.4 Å². The van der Waals surface area contributed by atoms with Crippen molar-refractivity contribution in [1.29, 1.82) is 0 Å². The van der Waals surface area contributed by atoms with Crippen molar-refractivity contribution >= 4 is 23.5 Å². The average molecular weight is 358 g/mol. The predicted octanol–water partition coefficient (Wildman–Crippen LogP) is 2.68. The highest BCUT2D eigenvalue weighted by Gasteiger charge is 2.22. The van der Waals surface area contributed by atoms with Crippen molar-refractivity contribution < 1.29 is 9.32 Å². The van der Waals surface area contributed by atoms with Crippen LogP contribution in [0.15, 0.2) is 40.3 Å². The third-order valence-electron chi connectivity index (χ3n) is 3.54. The number of carbonyl (C=O) groups excluding carboxylic acids is 1. The standard InChI is InChI=1S/C16H18N6O2S/c1-4-12(15(23)18-13-8-10(2)24-21-13)25-16-20-19-14(22(16)3)11-6-5-7-17-9-11/h5-9,12H,4H2,1-3H3,(H,18,21,23). The predicted molar refractivity (Wildman–Crippen MR) is 94.0 cm³/mol. The van der Waals surface area contributed by atoms with Gasteiger partial charge in [0.15, 0.2) is 16.8 Å². The van der Waals surface area contributed by atoms with Crippen molar-refractivity contribution in [2.75, 3.05) is 5.32 Å². The zero-order valence-corrected chi connectivity index (χ0v) is 14.9. The van der Waals surface area contributed by atoms with Gasteiger partial charge in [0.05, 0.1) is 5.25 Å². The van der Waals surface area contributed by atoms with Crippen LogP contribution in [0.25, 0.3) is 11.4 Å². The maximum Gasteiger partial charge on any atom is 0.239 e. The summed E-state index contributed by atoms with van der Waals surface area (Å²) in [5.74, 6) is 1.62. The molecule has 0 saturated heterocycles. The molecule has 0 aliphatic carbocycles. The number of rotatable bonds is 6. The maximum absolute atomic E-state index is 12.5. The molecule has 130 valence electrons. The largest absolute Gasteiger partial charge is 0.360 e. The lowest BCUT2D eigenvalue weighted by atomic mass is 10.3. The summed E-state index contributed by atoms with van der Waals surface area (Å²) in [4.78, 5) is 16.6. The first-order valence-electron chi connectivity index (χ1n) is 7.79. The fraction of sp³-hybridized carbons (Fsp3) is 0.312. The van der Waals surface area contributed by atoms with Gasteiger partial charge in [-0.3, -0.25) is 9.78 Å². The lowest BCUT2D eigenvalue weighted by Gasteiger charge is -2.12. The first-order chi connectivity index (χ1) is 12.1. The fourth-order valence-corrected chi connectivity index (χ4v) is 3.17. The molecule has 0 bridgehead atoms. The van der Waals surface area contributed by atoms with Gasteiger partial charge in [-0.05, 0) is 25.5 Å². The van der Waals surface area contributed by atoms with Crippen LogP contribution in [0.5, 0.6) is 0 Å². The minimum atomic E-state index is -0.318. The van der Waals surface area contributed by atoms with Gasteiger partial charge in [0.25, 0.3) is 0 Å². The molecule has 8 nitrogen and oxygen atoms in total. The number of nitrogens with zero attached hydrogens (tertiary/aromatic N) is 5. The Balaban J connectivity index is 1.74. The van der Waals surface area contributed by atoms with E-state index in [-0.39, 0.29) is 11.2 Å². The van der Waals surface area contributed by atoms with Crippen LogP contribution in [-0.2, 0) is 11.8 Å². The third-order valence-corrected chi connectivity index (χ3v) is 4.94. The molecule has 3 heterocycles. The van der Waals surface area contributed by atoms with Crippen molar-refractivity contribution in [2.45, 2.75) is 30.7 Å². The maximum atomic E-state index is 12.5. The van der Waals surface area contributed by atoms with Crippen LogP contribution in [0.3, 0.4) is 0 Å². The van der Waals surface area contributed by atoms with E-state index in [2.05, 4.69) is 25.7 Å². The lowest BCUT2D eigenvalue weighted by Crippen LogP contribution is -2.25. The van der Waals surface area contributed by atoms with Crippen molar-refractivity contribution in [3.63, 3.8) is 0 Å². The molecule has 0 saturated carbocycles. The van der Waals surface area contributed by atoms with E-state index < -0.39 is 0 Å². The van der Waals surface area contributed by atoms with Gasteiger partial charge in [-0.15, -0.1) is 10.2 Å². The molecule has 0 spiro atoms. The van der Waals surface area contributed by atoms with Gasteiger partial charge in [-0.25, -0.2) is 0 Å². The summed E-state index contributed by atoms with van der Waals surface area (Å²) < 4.78 is 6.82. The molecule has 0 radical (unpaired) electrons. The van der Waals surface area contributed by atoms with Crippen molar-refractivity contribution in [3.05, 3.63) is 36.4 Å². The second kappa shape index (κ2) is 7.47. The van der Waals surface area contributed by atoms with E-state index >= 15 is 0 Å². The minimum absolute atomic E-state index is 0.147. The van der Waals surface area contributed by atoms with Gasteiger partial charge in [0, 0.05) is 31.1 Å². The normalized spacial score (nSPS) is 12.1. The monoisotopic (exact) mass is 358 g/mol. The third kappa shape index (κ3) is 3.87. The van der Waals surface area contributed by atoms with Gasteiger partial charge in [0.2, 0.25) is 5.91 Å². The molecule has 0 fully saturated rings. The van der Waals surface area contributed by atoms with E-state index in [4.69, 9.17) is 4.52 Å². The van der Waals surface area contributed by atoms with Crippen LogP contribution in [0.2, 0.25) is 0 Å². The topological polar surface area (TPSA) is 98.7 Å². The highest BCUT2D eigenvalue weighted by molar-refractivity contribution is 8.00. The number of pyridine rings is 1. The molecule has 0 aromatic carbocycles. The second-order valence-corrected chi connectivity index (χ2v) is 6.60. The minimum Gasteiger partial charge on any atom is -0.360 e. The summed E-state index contributed by atoms with van der Waals surface area (Å²) in [5.41, 5.74) is 0.875. The van der Waals surface area contributed by atoms with Gasteiger partial charge >= 0.3 is 0 Å². The molecule has 1 unspecified atom stereocenters. The molecule has 1 N–H and O–H groups in total. The number of hydrogen-bond donors (Lipinski definition) is 1. The lowest BCUT2D eigenvalue weighted by molar-refractivity contribution is -0.115. The Morgan fingerprint density at radius 1 is 1.44 bits per heavy atom. The second-order valence-electron chi connectivity index (χ2n) is 5.43. The number of anilines is 1. The van der Waals surface area contributed by atoms with E-state index in [1.165, 1.54) is 11.8 Å². The highest BCUT2D eigenvalue weighted by Crippen LogP contribution is 2.27. The molecular weight excluding hydrogens is 340 g/mol. The molecule has 25 heavy (non-hydrogen) atoms. The van der Waals surface area contributed by atoms with Crippen LogP contribution in [-0.4, -0.2) is 36.1 Å². The first-order valence-corrected chi connectivity index (χ1v) is 8.67. The SMILES string of the molecule is CCC(Sc1nnc(-c2cccnc2)n1C)C(=O)Nc1cc(C)on1. The van der Waals surface area contributed by atoms with Crippen molar-refractivity contribution in [2.24, 2.45) is 7.05 Å². The zero-order valence-electron chi connectivity index (χ0n) is 14.1. The summed E-state index contributed by atoms with van der Waals surface area (Å²) >= 11 is 1.36. The molecule has 3 aromatic rings. The molecule has 1 amide bonds. The van der Waals surface area contributed by atoms with Crippen LogP contribution >= 0.6 is 11.8 Å². The number of carbonyl (C=O) groups is 1. The first kappa shape index (κ1) is 17.2. The summed E-state index contributed by atoms with van der Waals surface area (Å²) in [6, 6.07) is 5.44. The van der Waals surface area contributed by atoms with Gasteiger partial charge in [-0.1, -0.05) is 23.8 Å². The fourth-order valence-electron chi connectivity index (χ4n) is 2.25. The van der Waals surface area contributed by atoms with Crippen molar-refractivity contribution in [1.82, 2.24) is 24.9 Å². The van der Waals surface area contributed by atoms with E-state index in [0.717, 1.165) is 5.56 Å². The Labute approximate surface area is 149 Å². The number of nitrogens with one attached hydrogen (secondary N) is 1. The van der Waals surface area contributed by atoms with Gasteiger partial charge in [0.1, 0.15) is 5.76 Å². The number of hydrogen-bond acceptors (Lipinski definition) is 7. The van der Waals surface area contributed by atoms with Gasteiger partial charge in [-0.2, -0.15) is 0 Å². The molecule has 9 heteroatoms. The van der Waals surface area contributed by atoms with Gasteiger partial charge < -0.3 is 14.4 Å². The Hall–Kier alpha value is -2.68. The number of thioether (sulfide) groups is 1. The molecule has 0 aliphatic rings. The molecule has 0 aliphatic heterocycles.